The van der Waals surface area contributed by atoms with Crippen LogP contribution in [-0.4, -0.2) is 47.7 Å². The summed E-state index contributed by atoms with van der Waals surface area (Å²) in [6.07, 6.45) is 0.425. The highest BCUT2D eigenvalue weighted by Gasteiger charge is 2.35. The Morgan fingerprint density at radius 3 is 3.00 bits per heavy atom. The first-order valence-corrected chi connectivity index (χ1v) is 6.48. The van der Waals surface area contributed by atoms with E-state index in [2.05, 4.69) is 5.32 Å². The van der Waals surface area contributed by atoms with Crippen molar-refractivity contribution in [1.82, 2.24) is 5.32 Å². The maximum atomic E-state index is 11.5. The molecule has 92 valence electrons. The van der Waals surface area contributed by atoms with Gasteiger partial charge < -0.3 is 15.2 Å². The summed E-state index contributed by atoms with van der Waals surface area (Å²) in [5, 5.41) is 12.3. The molecule has 0 aromatic carbocycles. The van der Waals surface area contributed by atoms with Crippen LogP contribution in [0.25, 0.3) is 0 Å². The number of hydrogen-bond donors (Lipinski definition) is 2. The van der Waals surface area contributed by atoms with Crippen LogP contribution in [0.4, 0.5) is 0 Å². The number of rotatable bonds is 6. The lowest BCUT2D eigenvalue weighted by molar-refractivity contribution is -0.150. The first kappa shape index (κ1) is 13.3. The molecule has 5 nitrogen and oxygen atoms in total. The standard InChI is InChI=1S/C10H17NO4S/c1-2-15-10(14)8(11-6-12)9(13)7-3-4-16-5-7/h6-9,13H,2-5H2,1H3,(H,11,12). The third-order valence-electron chi connectivity index (χ3n) is 2.58. The molecular formula is C10H17NO4S. The lowest BCUT2D eigenvalue weighted by Crippen LogP contribution is -2.49. The molecule has 3 unspecified atom stereocenters. The third kappa shape index (κ3) is 3.38. The van der Waals surface area contributed by atoms with Gasteiger partial charge in [0.2, 0.25) is 6.41 Å². The van der Waals surface area contributed by atoms with Crippen molar-refractivity contribution in [2.24, 2.45) is 5.92 Å². The Hall–Kier alpha value is -0.750. The fourth-order valence-electron chi connectivity index (χ4n) is 1.71. The van der Waals surface area contributed by atoms with E-state index < -0.39 is 18.1 Å². The van der Waals surface area contributed by atoms with Gasteiger partial charge in [-0.25, -0.2) is 4.79 Å². The molecule has 3 atom stereocenters. The van der Waals surface area contributed by atoms with Gasteiger partial charge in [-0.1, -0.05) is 0 Å². The smallest absolute Gasteiger partial charge is 0.331 e. The summed E-state index contributed by atoms with van der Waals surface area (Å²) in [5.74, 6) is 1.28. The lowest BCUT2D eigenvalue weighted by Gasteiger charge is -2.24. The Balaban J connectivity index is 2.59. The van der Waals surface area contributed by atoms with Gasteiger partial charge in [0.1, 0.15) is 0 Å². The number of carbonyl (C=O) groups is 2. The van der Waals surface area contributed by atoms with E-state index in [1.165, 1.54) is 0 Å². The Morgan fingerprint density at radius 2 is 2.50 bits per heavy atom. The van der Waals surface area contributed by atoms with Crippen LogP contribution in [0.1, 0.15) is 13.3 Å². The molecule has 6 heteroatoms. The molecule has 0 spiro atoms. The summed E-state index contributed by atoms with van der Waals surface area (Å²) in [5.41, 5.74) is 0. The van der Waals surface area contributed by atoms with E-state index in [0.717, 1.165) is 17.9 Å². The zero-order valence-electron chi connectivity index (χ0n) is 9.22. The minimum absolute atomic E-state index is 0.0480. The number of aliphatic hydroxyl groups is 1. The molecule has 1 aliphatic rings. The highest BCUT2D eigenvalue weighted by molar-refractivity contribution is 7.99. The summed E-state index contributed by atoms with van der Waals surface area (Å²) in [6, 6.07) is -0.943. The molecule has 0 radical (unpaired) electrons. The normalized spacial score (nSPS) is 23.5. The zero-order chi connectivity index (χ0) is 12.0. The van der Waals surface area contributed by atoms with E-state index in [1.54, 1.807) is 18.7 Å². The molecule has 1 fully saturated rings. The number of thioether (sulfide) groups is 1. The Kier molecular flexibility index (Phi) is 5.62. The molecule has 0 saturated carbocycles. The largest absolute Gasteiger partial charge is 0.464 e. The number of ether oxygens (including phenoxy) is 1. The molecule has 0 bridgehead atoms. The number of carbonyl (C=O) groups excluding carboxylic acids is 2. The number of nitrogens with one attached hydrogen (secondary N) is 1. The highest BCUT2D eigenvalue weighted by atomic mass is 32.2. The molecule has 1 heterocycles. The van der Waals surface area contributed by atoms with Crippen LogP contribution in [0.2, 0.25) is 0 Å². The van der Waals surface area contributed by atoms with Crippen LogP contribution in [0, 0.1) is 5.92 Å². The monoisotopic (exact) mass is 247 g/mol. The third-order valence-corrected chi connectivity index (χ3v) is 3.77. The van der Waals surface area contributed by atoms with Gasteiger partial charge in [-0.2, -0.15) is 11.8 Å². The zero-order valence-corrected chi connectivity index (χ0v) is 10.0. The summed E-state index contributed by atoms with van der Waals surface area (Å²) in [7, 11) is 0. The van der Waals surface area contributed by atoms with Gasteiger partial charge in [0.25, 0.3) is 0 Å². The predicted molar refractivity (Wildman–Crippen MR) is 61.1 cm³/mol. The Labute approximate surface area is 98.9 Å². The van der Waals surface area contributed by atoms with Crippen LogP contribution < -0.4 is 5.32 Å². The molecule has 0 aliphatic carbocycles. The minimum Gasteiger partial charge on any atom is -0.464 e. The van der Waals surface area contributed by atoms with E-state index >= 15 is 0 Å². The van der Waals surface area contributed by atoms with Crippen molar-refractivity contribution in [2.45, 2.75) is 25.5 Å². The van der Waals surface area contributed by atoms with Gasteiger partial charge in [0.05, 0.1) is 12.7 Å². The van der Waals surface area contributed by atoms with Crippen LogP contribution >= 0.6 is 11.8 Å². The molecule has 1 saturated heterocycles. The number of esters is 1. The number of amides is 1. The molecule has 1 aliphatic heterocycles. The maximum absolute atomic E-state index is 11.5. The molecule has 2 N–H and O–H groups in total. The van der Waals surface area contributed by atoms with Crippen molar-refractivity contribution >= 4 is 24.1 Å². The quantitative estimate of drug-likeness (QED) is 0.501. The molecule has 16 heavy (non-hydrogen) atoms. The van der Waals surface area contributed by atoms with E-state index in [9.17, 15) is 14.7 Å². The fraction of sp³-hybridized carbons (Fsp3) is 0.800. The summed E-state index contributed by atoms with van der Waals surface area (Å²) < 4.78 is 4.81. The SMILES string of the molecule is CCOC(=O)C(NC=O)C(O)C1CCSC1. The molecule has 0 aromatic heterocycles. The van der Waals surface area contributed by atoms with Crippen molar-refractivity contribution in [3.63, 3.8) is 0 Å². The summed E-state index contributed by atoms with van der Waals surface area (Å²) in [4.78, 5) is 21.9. The van der Waals surface area contributed by atoms with Crippen molar-refractivity contribution in [3.8, 4) is 0 Å². The van der Waals surface area contributed by atoms with E-state index in [4.69, 9.17) is 4.74 Å². The van der Waals surface area contributed by atoms with E-state index in [0.29, 0.717) is 6.41 Å². The van der Waals surface area contributed by atoms with Gasteiger partial charge >= 0.3 is 5.97 Å². The first-order chi connectivity index (χ1) is 7.70. The Bertz CT molecular complexity index is 243. The van der Waals surface area contributed by atoms with Crippen LogP contribution in [-0.2, 0) is 14.3 Å². The Morgan fingerprint density at radius 1 is 1.75 bits per heavy atom. The molecular weight excluding hydrogens is 230 g/mol. The average molecular weight is 247 g/mol. The molecule has 1 amide bonds. The van der Waals surface area contributed by atoms with Gasteiger partial charge in [-0.05, 0) is 30.8 Å². The topological polar surface area (TPSA) is 75.6 Å². The van der Waals surface area contributed by atoms with Crippen LogP contribution in [0.5, 0.6) is 0 Å². The minimum atomic E-state index is -0.943. The van der Waals surface area contributed by atoms with E-state index in [-0.39, 0.29) is 12.5 Å². The fourth-order valence-corrected chi connectivity index (χ4v) is 3.01. The maximum Gasteiger partial charge on any atom is 0.331 e. The predicted octanol–water partition coefficient (Wildman–Crippen LogP) is -0.222. The van der Waals surface area contributed by atoms with Gasteiger partial charge in [0.15, 0.2) is 6.04 Å². The van der Waals surface area contributed by atoms with Crippen LogP contribution in [0.3, 0.4) is 0 Å². The molecule has 0 aromatic rings. The lowest BCUT2D eigenvalue weighted by atomic mass is 9.95. The highest BCUT2D eigenvalue weighted by Crippen LogP contribution is 2.27. The van der Waals surface area contributed by atoms with Crippen molar-refractivity contribution < 1.29 is 19.4 Å². The summed E-state index contributed by atoms with van der Waals surface area (Å²) >= 11 is 1.74. The average Bonchev–Trinajstić information content (AvgIpc) is 2.78. The summed E-state index contributed by atoms with van der Waals surface area (Å²) in [6.45, 7) is 1.93. The first-order valence-electron chi connectivity index (χ1n) is 5.32. The number of hydrogen-bond acceptors (Lipinski definition) is 5. The second kappa shape index (κ2) is 6.75. The van der Waals surface area contributed by atoms with Crippen LogP contribution in [0.15, 0.2) is 0 Å². The van der Waals surface area contributed by atoms with Crippen molar-refractivity contribution in [1.29, 1.82) is 0 Å². The van der Waals surface area contributed by atoms with Crippen molar-refractivity contribution in [2.75, 3.05) is 18.1 Å². The number of aliphatic hydroxyl groups excluding tert-OH is 1. The van der Waals surface area contributed by atoms with Gasteiger partial charge in [0, 0.05) is 0 Å². The second-order valence-corrected chi connectivity index (χ2v) is 4.78. The van der Waals surface area contributed by atoms with Crippen molar-refractivity contribution in [3.05, 3.63) is 0 Å². The van der Waals surface area contributed by atoms with E-state index in [1.807, 2.05) is 0 Å². The van der Waals surface area contributed by atoms with Gasteiger partial charge in [-0.3, -0.25) is 4.79 Å². The second-order valence-electron chi connectivity index (χ2n) is 3.63. The van der Waals surface area contributed by atoms with Gasteiger partial charge in [-0.15, -0.1) is 0 Å². The molecule has 1 rings (SSSR count).